The summed E-state index contributed by atoms with van der Waals surface area (Å²) in [7, 11) is 0. The molecule has 0 aliphatic carbocycles. The van der Waals surface area contributed by atoms with Crippen LogP contribution in [0.2, 0.25) is 0 Å². The Morgan fingerprint density at radius 3 is 2.64 bits per heavy atom. The molecule has 9 heteroatoms. The van der Waals surface area contributed by atoms with Gasteiger partial charge in [-0.3, -0.25) is 19.5 Å². The van der Waals surface area contributed by atoms with Crippen LogP contribution in [0.3, 0.4) is 0 Å². The molecule has 0 bridgehead atoms. The average Bonchev–Trinajstić information content (AvgIpc) is 3.08. The molecule has 2 heterocycles. The molecule has 0 radical (unpaired) electrons. The zero-order valence-electron chi connectivity index (χ0n) is 18.3. The Labute approximate surface area is 192 Å². The van der Waals surface area contributed by atoms with E-state index in [0.29, 0.717) is 26.2 Å². The molecule has 1 aliphatic heterocycles. The first-order valence-corrected chi connectivity index (χ1v) is 11.1. The van der Waals surface area contributed by atoms with Crippen molar-refractivity contribution in [3.05, 3.63) is 106 Å². The Morgan fingerprint density at radius 1 is 1.24 bits per heavy atom. The largest absolute Gasteiger partial charge is 0.463 e. The van der Waals surface area contributed by atoms with E-state index in [2.05, 4.69) is 4.99 Å². The highest BCUT2D eigenvalue weighted by Crippen LogP contribution is 2.30. The Hall–Kier alpha value is -3.85. The first kappa shape index (κ1) is 22.3. The number of allylic oxidation sites excluding steroid dienone is 1. The van der Waals surface area contributed by atoms with E-state index in [1.807, 2.05) is 31.2 Å². The molecule has 2 aromatic carbocycles. The van der Waals surface area contributed by atoms with Gasteiger partial charge in [-0.1, -0.05) is 53.3 Å². The van der Waals surface area contributed by atoms with E-state index in [4.69, 9.17) is 4.74 Å². The molecule has 0 amide bonds. The third-order valence-electron chi connectivity index (χ3n) is 5.29. The number of carbonyl (C=O) groups excluding carboxylic acids is 1. The number of nitro groups is 1. The molecule has 0 saturated heterocycles. The molecular formula is C24H21N3O5S. The number of benzene rings is 2. The number of hydrogen-bond donors (Lipinski definition) is 0. The van der Waals surface area contributed by atoms with Crippen molar-refractivity contribution in [2.45, 2.75) is 26.8 Å². The van der Waals surface area contributed by atoms with Gasteiger partial charge in [-0.05, 0) is 38.0 Å². The van der Waals surface area contributed by atoms with Crippen molar-refractivity contribution in [1.29, 1.82) is 0 Å². The van der Waals surface area contributed by atoms with Gasteiger partial charge < -0.3 is 4.74 Å². The number of thiazole rings is 1. The molecule has 4 rings (SSSR count). The molecule has 3 aromatic rings. The zero-order valence-corrected chi connectivity index (χ0v) is 19.1. The average molecular weight is 464 g/mol. The van der Waals surface area contributed by atoms with Crippen LogP contribution in [0.5, 0.6) is 0 Å². The summed E-state index contributed by atoms with van der Waals surface area (Å²) in [5.41, 5.74) is 2.76. The number of esters is 1. The van der Waals surface area contributed by atoms with Crippen molar-refractivity contribution in [2.24, 2.45) is 4.99 Å². The van der Waals surface area contributed by atoms with Crippen LogP contribution in [-0.2, 0) is 9.53 Å². The van der Waals surface area contributed by atoms with E-state index in [1.165, 1.54) is 28.0 Å². The van der Waals surface area contributed by atoms with Crippen molar-refractivity contribution in [2.75, 3.05) is 6.61 Å². The van der Waals surface area contributed by atoms with Gasteiger partial charge in [-0.15, -0.1) is 0 Å². The smallest absolute Gasteiger partial charge is 0.338 e. The number of nitrogens with zero attached hydrogens (tertiary/aromatic N) is 3. The number of aryl methyl sites for hydroxylation is 1. The summed E-state index contributed by atoms with van der Waals surface area (Å²) in [6.07, 6.45) is 1.60. The number of rotatable bonds is 5. The fourth-order valence-corrected chi connectivity index (χ4v) is 4.78. The number of nitro benzene ring substituents is 1. The van der Waals surface area contributed by atoms with Crippen LogP contribution in [0.4, 0.5) is 5.69 Å². The van der Waals surface area contributed by atoms with Gasteiger partial charge >= 0.3 is 5.97 Å². The number of hydrogen-bond acceptors (Lipinski definition) is 7. The monoisotopic (exact) mass is 463 g/mol. The third kappa shape index (κ3) is 4.27. The van der Waals surface area contributed by atoms with Gasteiger partial charge in [0.15, 0.2) is 4.80 Å². The molecule has 1 atom stereocenters. The highest BCUT2D eigenvalue weighted by atomic mass is 32.1. The van der Waals surface area contributed by atoms with E-state index in [0.717, 1.165) is 11.1 Å². The third-order valence-corrected chi connectivity index (χ3v) is 6.27. The Balaban J connectivity index is 1.94. The van der Waals surface area contributed by atoms with Gasteiger partial charge in [-0.25, -0.2) is 9.79 Å². The Morgan fingerprint density at radius 2 is 1.97 bits per heavy atom. The Bertz CT molecular complexity index is 1460. The minimum atomic E-state index is -0.687. The molecule has 8 nitrogen and oxygen atoms in total. The van der Waals surface area contributed by atoms with Crippen LogP contribution >= 0.6 is 11.3 Å². The standard InChI is InChI=1S/C24H21N3O5S/c1-4-32-23(29)20-15(3)25-24-26(21(20)17-10-8-14(2)9-11-17)22(28)19(33-24)13-16-6-5-7-18(12-16)27(30)31/h5-13,21H,4H2,1-3H3/b19-13+. The molecule has 1 aromatic heterocycles. The van der Waals surface area contributed by atoms with Gasteiger partial charge in [0.1, 0.15) is 0 Å². The normalized spacial score (nSPS) is 15.7. The van der Waals surface area contributed by atoms with Gasteiger partial charge in [-0.2, -0.15) is 0 Å². The molecule has 1 unspecified atom stereocenters. The van der Waals surface area contributed by atoms with Crippen LogP contribution in [0.1, 0.15) is 36.6 Å². The summed E-state index contributed by atoms with van der Waals surface area (Å²) in [6, 6.07) is 13.0. The van der Waals surface area contributed by atoms with E-state index in [1.54, 1.807) is 32.1 Å². The van der Waals surface area contributed by atoms with Crippen molar-refractivity contribution in [3.8, 4) is 0 Å². The minimum absolute atomic E-state index is 0.0606. The predicted octanol–water partition coefficient (Wildman–Crippen LogP) is 3.01. The lowest BCUT2D eigenvalue weighted by Gasteiger charge is -2.24. The van der Waals surface area contributed by atoms with Gasteiger partial charge in [0.25, 0.3) is 11.2 Å². The number of carbonyl (C=O) groups is 1. The molecule has 168 valence electrons. The number of ether oxygens (including phenoxy) is 1. The lowest BCUT2D eigenvalue weighted by atomic mass is 9.95. The quantitative estimate of drug-likeness (QED) is 0.329. The summed E-state index contributed by atoms with van der Waals surface area (Å²) in [6.45, 7) is 5.61. The molecule has 0 saturated carbocycles. The number of aromatic nitrogens is 1. The molecule has 33 heavy (non-hydrogen) atoms. The van der Waals surface area contributed by atoms with E-state index >= 15 is 0 Å². The maximum Gasteiger partial charge on any atom is 0.338 e. The molecule has 0 N–H and O–H groups in total. The second-order valence-corrected chi connectivity index (χ2v) is 8.57. The number of fused-ring (bicyclic) bond motifs is 1. The first-order chi connectivity index (χ1) is 15.8. The first-order valence-electron chi connectivity index (χ1n) is 10.3. The second-order valence-electron chi connectivity index (χ2n) is 7.57. The highest BCUT2D eigenvalue weighted by Gasteiger charge is 2.33. The maximum atomic E-state index is 13.5. The van der Waals surface area contributed by atoms with Gasteiger partial charge in [0.2, 0.25) is 0 Å². The zero-order chi connectivity index (χ0) is 23.7. The summed E-state index contributed by atoms with van der Waals surface area (Å²) in [5, 5.41) is 11.1. The van der Waals surface area contributed by atoms with Crippen molar-refractivity contribution >= 4 is 29.1 Å². The Kier molecular flexibility index (Phi) is 6.06. The molecule has 0 fully saturated rings. The fourth-order valence-electron chi connectivity index (χ4n) is 3.74. The number of non-ortho nitro benzene ring substituents is 1. The molecular weight excluding hydrogens is 442 g/mol. The van der Waals surface area contributed by atoms with Crippen LogP contribution < -0.4 is 14.9 Å². The van der Waals surface area contributed by atoms with Crippen LogP contribution in [-0.4, -0.2) is 22.1 Å². The van der Waals surface area contributed by atoms with Gasteiger partial charge in [0.05, 0.1) is 33.4 Å². The summed E-state index contributed by atoms with van der Waals surface area (Å²) < 4.78 is 7.14. The van der Waals surface area contributed by atoms with E-state index in [-0.39, 0.29) is 17.9 Å². The lowest BCUT2D eigenvalue weighted by Crippen LogP contribution is -2.39. The van der Waals surface area contributed by atoms with Crippen LogP contribution in [0.15, 0.2) is 69.6 Å². The lowest BCUT2D eigenvalue weighted by molar-refractivity contribution is -0.384. The van der Waals surface area contributed by atoms with E-state index < -0.39 is 16.9 Å². The summed E-state index contributed by atoms with van der Waals surface area (Å²) in [4.78, 5) is 42.0. The SMILES string of the molecule is CCOC(=O)C1=C(C)N=c2s/c(=C/c3cccc([N+](=O)[O-])c3)c(=O)n2C1c1ccc(C)cc1. The van der Waals surface area contributed by atoms with Gasteiger partial charge in [0, 0.05) is 12.1 Å². The summed E-state index contributed by atoms with van der Waals surface area (Å²) in [5.74, 6) is -0.516. The van der Waals surface area contributed by atoms with E-state index in [9.17, 15) is 19.7 Å². The summed E-state index contributed by atoms with van der Waals surface area (Å²) >= 11 is 1.18. The predicted molar refractivity (Wildman–Crippen MR) is 125 cm³/mol. The van der Waals surface area contributed by atoms with Crippen molar-refractivity contribution in [3.63, 3.8) is 0 Å². The maximum absolute atomic E-state index is 13.5. The molecule has 1 aliphatic rings. The second kappa shape index (κ2) is 8.95. The molecule has 0 spiro atoms. The van der Waals surface area contributed by atoms with Crippen LogP contribution in [0, 0.1) is 17.0 Å². The van der Waals surface area contributed by atoms with Crippen molar-refractivity contribution in [1.82, 2.24) is 4.57 Å². The minimum Gasteiger partial charge on any atom is -0.463 e. The highest BCUT2D eigenvalue weighted by molar-refractivity contribution is 7.07. The topological polar surface area (TPSA) is 104 Å². The fraction of sp³-hybridized carbons (Fsp3) is 0.208. The van der Waals surface area contributed by atoms with Crippen molar-refractivity contribution < 1.29 is 14.5 Å². The van der Waals surface area contributed by atoms with Crippen LogP contribution in [0.25, 0.3) is 6.08 Å².